The third-order valence-corrected chi connectivity index (χ3v) is 10.6. The molecule has 316 valence electrons. The van der Waals surface area contributed by atoms with E-state index in [1.807, 2.05) is 69.3 Å². The molecule has 5 amide bonds. The SMILES string of the molecule is CC[C@H](C)[C@@H](C(=O)N[C@@H](Cc1ccccc1)[C@@H](O)CN(Cc1ccc(SC(F)(F)F)cc1)NC(=O)[C@@H](NC(=O)O)C(C)(C)C)N1CCN(Cc2cccc(C)n2)C1=O. The van der Waals surface area contributed by atoms with Crippen LogP contribution in [0.15, 0.2) is 77.7 Å². The number of thioether (sulfide) groups is 1. The zero-order valence-corrected chi connectivity index (χ0v) is 34.4. The third kappa shape index (κ3) is 13.6. The number of benzene rings is 2. The number of aryl methyl sites for hydroxylation is 1. The van der Waals surface area contributed by atoms with Crippen LogP contribution in [-0.4, -0.2) is 103 Å². The van der Waals surface area contributed by atoms with Gasteiger partial charge in [0.15, 0.2) is 0 Å². The van der Waals surface area contributed by atoms with E-state index in [1.165, 1.54) is 29.3 Å². The van der Waals surface area contributed by atoms with Gasteiger partial charge in [0, 0.05) is 36.8 Å². The van der Waals surface area contributed by atoms with Crippen molar-refractivity contribution in [1.82, 2.24) is 35.9 Å². The summed E-state index contributed by atoms with van der Waals surface area (Å²) in [6.07, 6.45) is -2.05. The van der Waals surface area contributed by atoms with Crippen molar-refractivity contribution in [3.05, 3.63) is 95.3 Å². The monoisotopic (exact) mass is 829 g/mol. The molecule has 0 saturated carbocycles. The molecule has 1 aromatic heterocycles. The average Bonchev–Trinajstić information content (AvgIpc) is 3.48. The normalized spacial score (nSPS) is 16.1. The second-order valence-corrected chi connectivity index (χ2v) is 16.8. The number of halogens is 3. The van der Waals surface area contributed by atoms with Crippen LogP contribution in [-0.2, 0) is 29.1 Å². The lowest BCUT2D eigenvalue weighted by atomic mass is 9.86. The Kier molecular flexibility index (Phi) is 16.0. The topological polar surface area (TPSA) is 167 Å². The molecule has 5 atom stereocenters. The maximum atomic E-state index is 14.4. The van der Waals surface area contributed by atoms with Crippen LogP contribution in [0.25, 0.3) is 0 Å². The Morgan fingerprint density at radius 2 is 1.60 bits per heavy atom. The number of alkyl halides is 3. The van der Waals surface area contributed by atoms with Gasteiger partial charge in [-0.2, -0.15) is 13.2 Å². The number of urea groups is 1. The van der Waals surface area contributed by atoms with Crippen molar-refractivity contribution in [2.24, 2.45) is 11.3 Å². The van der Waals surface area contributed by atoms with Crippen LogP contribution in [0.1, 0.15) is 63.6 Å². The molecular formula is C41H54F3N7O6S. The number of pyridine rings is 1. The lowest BCUT2D eigenvalue weighted by molar-refractivity contribution is -0.132. The number of hydrogen-bond acceptors (Lipinski definition) is 8. The Bertz CT molecular complexity index is 1850. The maximum absolute atomic E-state index is 14.4. The summed E-state index contributed by atoms with van der Waals surface area (Å²) >= 11 is -0.269. The Morgan fingerprint density at radius 3 is 2.19 bits per heavy atom. The van der Waals surface area contributed by atoms with Gasteiger partial charge in [-0.3, -0.25) is 20.0 Å². The van der Waals surface area contributed by atoms with E-state index in [-0.39, 0.29) is 54.7 Å². The predicted molar refractivity (Wildman–Crippen MR) is 214 cm³/mol. The molecule has 1 fully saturated rings. The Morgan fingerprint density at radius 1 is 0.931 bits per heavy atom. The number of aromatic nitrogens is 1. The molecule has 13 nitrogen and oxygen atoms in total. The Balaban J connectivity index is 1.62. The van der Waals surface area contributed by atoms with Crippen LogP contribution in [0.3, 0.4) is 0 Å². The average molecular weight is 830 g/mol. The molecule has 4 rings (SSSR count). The van der Waals surface area contributed by atoms with Crippen molar-refractivity contribution < 1.29 is 42.6 Å². The molecule has 0 radical (unpaired) electrons. The van der Waals surface area contributed by atoms with E-state index >= 15 is 0 Å². The molecule has 2 aromatic carbocycles. The molecule has 0 unspecified atom stereocenters. The second-order valence-electron chi connectivity index (χ2n) is 15.7. The lowest BCUT2D eigenvalue weighted by Gasteiger charge is -2.36. The number of nitrogens with zero attached hydrogens (tertiary/aromatic N) is 4. The van der Waals surface area contributed by atoms with Crippen LogP contribution in [0.5, 0.6) is 0 Å². The quantitative estimate of drug-likeness (QED) is 0.0769. The number of carbonyl (C=O) groups excluding carboxylic acids is 3. The number of hydrazine groups is 1. The van der Waals surface area contributed by atoms with Gasteiger partial charge in [-0.25, -0.2) is 14.6 Å². The molecule has 0 spiro atoms. The number of amides is 5. The molecular weight excluding hydrogens is 776 g/mol. The van der Waals surface area contributed by atoms with Crippen LogP contribution in [0.2, 0.25) is 0 Å². The summed E-state index contributed by atoms with van der Waals surface area (Å²) in [5.74, 6) is -1.46. The van der Waals surface area contributed by atoms with Crippen LogP contribution in [0, 0.1) is 18.3 Å². The van der Waals surface area contributed by atoms with Gasteiger partial charge < -0.3 is 30.6 Å². The van der Waals surface area contributed by atoms with Crippen LogP contribution in [0.4, 0.5) is 22.8 Å². The number of hydrogen-bond donors (Lipinski definition) is 5. The number of aliphatic hydroxyl groups is 1. The molecule has 0 aliphatic carbocycles. The number of nitrogens with one attached hydrogen (secondary N) is 3. The third-order valence-electron chi connectivity index (χ3n) is 9.91. The first-order chi connectivity index (χ1) is 27.2. The minimum atomic E-state index is -4.49. The van der Waals surface area contributed by atoms with E-state index in [2.05, 4.69) is 21.0 Å². The van der Waals surface area contributed by atoms with Crippen LogP contribution < -0.4 is 16.1 Å². The molecule has 1 saturated heterocycles. The second kappa shape index (κ2) is 20.2. The van der Waals surface area contributed by atoms with Crippen LogP contribution >= 0.6 is 11.8 Å². The van der Waals surface area contributed by atoms with E-state index < -0.39 is 53.1 Å². The van der Waals surface area contributed by atoms with Crippen molar-refractivity contribution in [3.8, 4) is 0 Å². The molecule has 5 N–H and O–H groups in total. The first kappa shape index (κ1) is 45.8. The van der Waals surface area contributed by atoms with Crippen molar-refractivity contribution in [1.29, 1.82) is 0 Å². The summed E-state index contributed by atoms with van der Waals surface area (Å²) in [6, 6.07) is 16.9. The fourth-order valence-electron chi connectivity index (χ4n) is 6.78. The summed E-state index contributed by atoms with van der Waals surface area (Å²) in [5, 5.41) is 28.1. The van der Waals surface area contributed by atoms with E-state index in [1.54, 1.807) is 30.6 Å². The van der Waals surface area contributed by atoms with Gasteiger partial charge in [0.2, 0.25) is 5.91 Å². The lowest BCUT2D eigenvalue weighted by Crippen LogP contribution is -2.60. The van der Waals surface area contributed by atoms with Gasteiger partial charge in [-0.05, 0) is 71.8 Å². The minimum Gasteiger partial charge on any atom is -0.465 e. The number of carbonyl (C=O) groups is 4. The van der Waals surface area contributed by atoms with Crippen molar-refractivity contribution in [2.75, 3.05) is 19.6 Å². The maximum Gasteiger partial charge on any atom is 0.446 e. The van der Waals surface area contributed by atoms with E-state index in [9.17, 15) is 42.6 Å². The summed E-state index contributed by atoms with van der Waals surface area (Å²) in [5.41, 5.74) is 0.160. The number of aliphatic hydroxyl groups excluding tert-OH is 1. The highest BCUT2D eigenvalue weighted by Gasteiger charge is 2.41. The highest BCUT2D eigenvalue weighted by molar-refractivity contribution is 8.00. The standard InChI is InChI=1S/C41H54F3N7O6S/c1-7-26(2)34(51-21-20-49(39(51)57)24-30-15-11-12-27(3)45-30)36(53)46-32(22-28-13-9-8-10-14-28)33(52)25-50(48-37(54)35(40(4,5)6)47-38(55)56)23-29-16-18-31(19-17-29)58-41(42,43)44/h8-19,26,32-35,47,52H,7,20-25H2,1-6H3,(H,46,53)(H,48,54)(H,55,56)/t26-,32-,33-,34-,35+/m0/s1. The van der Waals surface area contributed by atoms with Gasteiger partial charge in [-0.15, -0.1) is 0 Å². The molecule has 3 aromatic rings. The summed E-state index contributed by atoms with van der Waals surface area (Å²) < 4.78 is 39.1. The first-order valence-corrected chi connectivity index (χ1v) is 20.0. The zero-order valence-electron chi connectivity index (χ0n) is 33.6. The van der Waals surface area contributed by atoms with Gasteiger partial charge in [0.1, 0.15) is 12.1 Å². The van der Waals surface area contributed by atoms with E-state index in [4.69, 9.17) is 0 Å². The summed E-state index contributed by atoms with van der Waals surface area (Å²) in [4.78, 5) is 61.3. The van der Waals surface area contributed by atoms with Crippen molar-refractivity contribution in [3.63, 3.8) is 0 Å². The first-order valence-electron chi connectivity index (χ1n) is 19.1. The zero-order chi connectivity index (χ0) is 42.8. The fourth-order valence-corrected chi connectivity index (χ4v) is 7.32. The molecule has 0 bridgehead atoms. The fraction of sp³-hybridized carbons (Fsp3) is 0.488. The van der Waals surface area contributed by atoms with Gasteiger partial charge in [-0.1, -0.05) is 89.6 Å². The van der Waals surface area contributed by atoms with Crippen molar-refractivity contribution >= 4 is 35.7 Å². The summed E-state index contributed by atoms with van der Waals surface area (Å²) in [7, 11) is 0. The largest absolute Gasteiger partial charge is 0.465 e. The number of carboxylic acid groups (broad SMARTS) is 1. The highest BCUT2D eigenvalue weighted by atomic mass is 32.2. The van der Waals surface area contributed by atoms with E-state index in [0.29, 0.717) is 25.1 Å². The molecule has 1 aliphatic rings. The summed E-state index contributed by atoms with van der Waals surface area (Å²) in [6.45, 7) is 11.3. The highest BCUT2D eigenvalue weighted by Crippen LogP contribution is 2.36. The van der Waals surface area contributed by atoms with Gasteiger partial charge in [0.25, 0.3) is 5.91 Å². The molecule has 1 aliphatic heterocycles. The Hall–Kier alpha value is -4.87. The number of rotatable bonds is 18. The smallest absolute Gasteiger partial charge is 0.446 e. The van der Waals surface area contributed by atoms with Gasteiger partial charge >= 0.3 is 17.6 Å². The molecule has 2 heterocycles. The molecule has 17 heteroatoms. The van der Waals surface area contributed by atoms with Gasteiger partial charge in [0.05, 0.1) is 24.4 Å². The molecule has 58 heavy (non-hydrogen) atoms. The minimum absolute atomic E-state index is 0.0433. The van der Waals surface area contributed by atoms with E-state index in [0.717, 1.165) is 17.0 Å². The predicted octanol–water partition coefficient (Wildman–Crippen LogP) is 5.96. The van der Waals surface area contributed by atoms with Crippen molar-refractivity contribution in [2.45, 2.75) is 102 Å². The Labute approximate surface area is 341 Å².